The van der Waals surface area contributed by atoms with Crippen LogP contribution in [-0.2, 0) is 14.8 Å². The van der Waals surface area contributed by atoms with Gasteiger partial charge in [0, 0.05) is 13.1 Å². The first-order valence-electron chi connectivity index (χ1n) is 8.11. The molecule has 1 unspecified atom stereocenters. The summed E-state index contributed by atoms with van der Waals surface area (Å²) in [6.07, 6.45) is 3.61. The summed E-state index contributed by atoms with van der Waals surface area (Å²) in [7, 11) is -3.56. The largest absolute Gasteiger partial charge is 0.341 e. The van der Waals surface area contributed by atoms with Gasteiger partial charge in [-0.3, -0.25) is 9.10 Å². The maximum atomic E-state index is 12.9. The number of carbonyl (C=O) groups excluding carboxylic acids is 1. The predicted octanol–water partition coefficient (Wildman–Crippen LogP) is 2.47. The van der Waals surface area contributed by atoms with Gasteiger partial charge in [-0.2, -0.15) is 0 Å². The summed E-state index contributed by atoms with van der Waals surface area (Å²) >= 11 is 0. The minimum absolute atomic E-state index is 0.0867. The van der Waals surface area contributed by atoms with Gasteiger partial charge in [-0.05, 0) is 50.3 Å². The Labute approximate surface area is 139 Å². The van der Waals surface area contributed by atoms with Crippen LogP contribution in [0.15, 0.2) is 18.2 Å². The van der Waals surface area contributed by atoms with E-state index in [0.717, 1.165) is 37.1 Å². The van der Waals surface area contributed by atoms with Crippen molar-refractivity contribution in [2.45, 2.75) is 46.1 Å². The fourth-order valence-corrected chi connectivity index (χ4v) is 4.38. The van der Waals surface area contributed by atoms with Crippen LogP contribution in [0.4, 0.5) is 5.69 Å². The lowest BCUT2D eigenvalue weighted by molar-refractivity contribution is -0.131. The molecule has 5 nitrogen and oxygen atoms in total. The molecule has 1 saturated heterocycles. The van der Waals surface area contributed by atoms with E-state index in [9.17, 15) is 13.2 Å². The van der Waals surface area contributed by atoms with Gasteiger partial charge in [0.2, 0.25) is 15.9 Å². The Kier molecular flexibility index (Phi) is 5.34. The van der Waals surface area contributed by atoms with Crippen molar-refractivity contribution in [3.05, 3.63) is 29.3 Å². The summed E-state index contributed by atoms with van der Waals surface area (Å²) in [6, 6.07) is 5.01. The normalized spacial score (nSPS) is 16.4. The molecule has 0 aromatic heterocycles. The first kappa shape index (κ1) is 17.8. The zero-order valence-corrected chi connectivity index (χ0v) is 15.2. The summed E-state index contributed by atoms with van der Waals surface area (Å²) in [5.41, 5.74) is 2.43. The number of nitrogens with zero attached hydrogens (tertiary/aromatic N) is 2. The highest BCUT2D eigenvalue weighted by molar-refractivity contribution is 7.92. The van der Waals surface area contributed by atoms with Crippen LogP contribution in [-0.4, -0.2) is 44.6 Å². The molecule has 1 aliphatic heterocycles. The zero-order chi connectivity index (χ0) is 17.2. The van der Waals surface area contributed by atoms with Crippen molar-refractivity contribution in [3.8, 4) is 0 Å². The molecule has 128 valence electrons. The minimum atomic E-state index is -3.56. The Bertz CT molecular complexity index is 679. The molecule has 1 amide bonds. The number of carbonyl (C=O) groups is 1. The number of anilines is 1. The molecule has 1 aliphatic rings. The molecule has 1 atom stereocenters. The van der Waals surface area contributed by atoms with Gasteiger partial charge >= 0.3 is 0 Å². The van der Waals surface area contributed by atoms with Crippen molar-refractivity contribution < 1.29 is 13.2 Å². The molecule has 0 spiro atoms. The summed E-state index contributed by atoms with van der Waals surface area (Å²) in [6.45, 7) is 7.11. The lowest BCUT2D eigenvalue weighted by Crippen LogP contribution is -2.50. The zero-order valence-electron chi connectivity index (χ0n) is 14.4. The van der Waals surface area contributed by atoms with Crippen LogP contribution in [0.3, 0.4) is 0 Å². The van der Waals surface area contributed by atoms with Gasteiger partial charge in [0.15, 0.2) is 0 Å². The van der Waals surface area contributed by atoms with E-state index in [1.807, 2.05) is 39.0 Å². The highest BCUT2D eigenvalue weighted by atomic mass is 32.2. The van der Waals surface area contributed by atoms with Crippen molar-refractivity contribution >= 4 is 21.6 Å². The first-order valence-corrected chi connectivity index (χ1v) is 9.96. The Morgan fingerprint density at radius 2 is 1.87 bits per heavy atom. The standard InChI is InChI=1S/C17H26N2O3S/c1-5-15(17(20)18-10-6-7-11-18)19(23(4,21)22)16-12-13(2)8-9-14(16)3/h8-9,12,15H,5-7,10-11H2,1-4H3. The van der Waals surface area contributed by atoms with Crippen LogP contribution in [0.2, 0.25) is 0 Å². The predicted molar refractivity (Wildman–Crippen MR) is 93.1 cm³/mol. The molecular weight excluding hydrogens is 312 g/mol. The van der Waals surface area contributed by atoms with E-state index in [1.165, 1.54) is 10.6 Å². The molecule has 0 radical (unpaired) electrons. The molecule has 23 heavy (non-hydrogen) atoms. The average molecular weight is 338 g/mol. The fourth-order valence-electron chi connectivity index (χ4n) is 3.12. The van der Waals surface area contributed by atoms with Crippen molar-refractivity contribution in [2.75, 3.05) is 23.7 Å². The molecule has 6 heteroatoms. The van der Waals surface area contributed by atoms with Crippen LogP contribution in [0, 0.1) is 13.8 Å². The van der Waals surface area contributed by atoms with E-state index in [2.05, 4.69) is 0 Å². The molecule has 1 aromatic carbocycles. The maximum Gasteiger partial charge on any atom is 0.246 e. The van der Waals surface area contributed by atoms with Crippen molar-refractivity contribution in [2.24, 2.45) is 0 Å². The Balaban J connectivity index is 2.48. The highest BCUT2D eigenvalue weighted by Gasteiger charge is 2.35. The van der Waals surface area contributed by atoms with Crippen LogP contribution in [0.1, 0.15) is 37.3 Å². The van der Waals surface area contributed by atoms with Crippen molar-refractivity contribution in [3.63, 3.8) is 0 Å². The van der Waals surface area contributed by atoms with Crippen LogP contribution < -0.4 is 4.31 Å². The van der Waals surface area contributed by atoms with Crippen molar-refractivity contribution in [1.29, 1.82) is 0 Å². The Morgan fingerprint density at radius 1 is 1.26 bits per heavy atom. The third-order valence-corrected chi connectivity index (χ3v) is 5.50. The summed E-state index contributed by atoms with van der Waals surface area (Å²) in [4.78, 5) is 14.6. The summed E-state index contributed by atoms with van der Waals surface area (Å²) < 4.78 is 26.3. The first-order chi connectivity index (χ1) is 10.8. The van der Waals surface area contributed by atoms with Crippen LogP contribution >= 0.6 is 0 Å². The van der Waals surface area contributed by atoms with Crippen molar-refractivity contribution in [1.82, 2.24) is 4.90 Å². The lowest BCUT2D eigenvalue weighted by Gasteiger charge is -2.33. The number of sulfonamides is 1. The van der Waals surface area contributed by atoms with E-state index >= 15 is 0 Å². The second-order valence-electron chi connectivity index (χ2n) is 6.31. The van der Waals surface area contributed by atoms with E-state index in [-0.39, 0.29) is 5.91 Å². The highest BCUT2D eigenvalue weighted by Crippen LogP contribution is 2.28. The van der Waals surface area contributed by atoms with Gasteiger partial charge in [-0.1, -0.05) is 19.1 Å². The summed E-state index contributed by atoms with van der Waals surface area (Å²) in [5, 5.41) is 0. The van der Waals surface area contributed by atoms with Gasteiger partial charge in [-0.25, -0.2) is 8.42 Å². The number of hydrogen-bond donors (Lipinski definition) is 0. The number of hydrogen-bond acceptors (Lipinski definition) is 3. The molecule has 1 aromatic rings. The van der Waals surface area contributed by atoms with E-state index < -0.39 is 16.1 Å². The van der Waals surface area contributed by atoms with Gasteiger partial charge in [0.05, 0.1) is 11.9 Å². The van der Waals surface area contributed by atoms with E-state index in [0.29, 0.717) is 12.1 Å². The maximum absolute atomic E-state index is 12.9. The Hall–Kier alpha value is -1.56. The molecular formula is C17H26N2O3S. The molecule has 1 fully saturated rings. The molecule has 0 bridgehead atoms. The number of rotatable bonds is 5. The van der Waals surface area contributed by atoms with E-state index in [1.54, 1.807) is 4.90 Å². The molecule has 0 N–H and O–H groups in total. The second kappa shape index (κ2) is 6.91. The number of likely N-dealkylation sites (tertiary alicyclic amines) is 1. The fraction of sp³-hybridized carbons (Fsp3) is 0.588. The van der Waals surface area contributed by atoms with Gasteiger partial charge in [0.1, 0.15) is 6.04 Å². The molecule has 0 saturated carbocycles. The lowest BCUT2D eigenvalue weighted by atomic mass is 10.1. The third kappa shape index (κ3) is 3.86. The average Bonchev–Trinajstić information content (AvgIpc) is 3.00. The monoisotopic (exact) mass is 338 g/mol. The molecule has 1 heterocycles. The van der Waals surface area contributed by atoms with Crippen LogP contribution in [0.25, 0.3) is 0 Å². The van der Waals surface area contributed by atoms with E-state index in [4.69, 9.17) is 0 Å². The molecule has 2 rings (SSSR count). The quantitative estimate of drug-likeness (QED) is 0.829. The van der Waals surface area contributed by atoms with Gasteiger partial charge < -0.3 is 4.90 Å². The topological polar surface area (TPSA) is 57.7 Å². The summed E-state index contributed by atoms with van der Waals surface area (Å²) in [5.74, 6) is -0.0867. The van der Waals surface area contributed by atoms with Gasteiger partial charge in [0.25, 0.3) is 0 Å². The minimum Gasteiger partial charge on any atom is -0.341 e. The molecule has 0 aliphatic carbocycles. The number of aryl methyl sites for hydroxylation is 2. The van der Waals surface area contributed by atoms with Gasteiger partial charge in [-0.15, -0.1) is 0 Å². The van der Waals surface area contributed by atoms with Crippen LogP contribution in [0.5, 0.6) is 0 Å². The second-order valence-corrected chi connectivity index (χ2v) is 8.16. The smallest absolute Gasteiger partial charge is 0.246 e. The SMILES string of the molecule is CCC(C(=O)N1CCCC1)N(c1cc(C)ccc1C)S(C)(=O)=O. The number of amides is 1. The third-order valence-electron chi connectivity index (χ3n) is 4.33. The Morgan fingerprint density at radius 3 is 2.39 bits per heavy atom. The number of benzene rings is 1.